The summed E-state index contributed by atoms with van der Waals surface area (Å²) in [5.74, 6) is 0. The lowest BCUT2D eigenvalue weighted by Gasteiger charge is -2.20. The van der Waals surface area contributed by atoms with Gasteiger partial charge in [-0.15, -0.1) is 0 Å². The van der Waals surface area contributed by atoms with Gasteiger partial charge in [0.05, 0.1) is 5.69 Å². The first kappa shape index (κ1) is 10.7. The molecule has 0 amide bonds. The van der Waals surface area contributed by atoms with E-state index in [0.29, 0.717) is 6.54 Å². The van der Waals surface area contributed by atoms with Crippen molar-refractivity contribution in [3.8, 4) is 0 Å². The molecule has 1 aromatic rings. The van der Waals surface area contributed by atoms with Crippen molar-refractivity contribution < 1.29 is 0 Å². The minimum Gasteiger partial charge on any atom is -0.330 e. The smallest absolute Gasteiger partial charge is 0.0677 e. The van der Waals surface area contributed by atoms with Crippen LogP contribution >= 0.6 is 0 Å². The summed E-state index contributed by atoms with van der Waals surface area (Å²) in [6, 6.07) is 0. The second kappa shape index (κ2) is 3.63. The fourth-order valence-corrected chi connectivity index (χ4v) is 2.56. The van der Waals surface area contributed by atoms with E-state index in [1.165, 1.54) is 29.8 Å². The molecule has 15 heavy (non-hydrogen) atoms. The molecule has 0 bridgehead atoms. The van der Waals surface area contributed by atoms with Crippen molar-refractivity contribution in [2.75, 3.05) is 6.54 Å². The van der Waals surface area contributed by atoms with E-state index in [-0.39, 0.29) is 5.41 Å². The Morgan fingerprint density at radius 2 is 2.13 bits per heavy atom. The highest BCUT2D eigenvalue weighted by Crippen LogP contribution is 2.32. The zero-order valence-corrected chi connectivity index (χ0v) is 10.0. The van der Waals surface area contributed by atoms with Crippen LogP contribution in [0.15, 0.2) is 0 Å². The van der Waals surface area contributed by atoms with Crippen molar-refractivity contribution in [1.29, 1.82) is 0 Å². The van der Waals surface area contributed by atoms with Gasteiger partial charge in [0.25, 0.3) is 0 Å². The monoisotopic (exact) mass is 207 g/mol. The van der Waals surface area contributed by atoms with E-state index in [2.05, 4.69) is 30.6 Å². The maximum atomic E-state index is 5.64. The van der Waals surface area contributed by atoms with Gasteiger partial charge < -0.3 is 5.73 Å². The van der Waals surface area contributed by atoms with Crippen molar-refractivity contribution in [2.24, 2.45) is 5.73 Å². The fraction of sp³-hybridized carbons (Fsp3) is 0.750. The zero-order valence-electron chi connectivity index (χ0n) is 10.0. The van der Waals surface area contributed by atoms with Crippen LogP contribution in [0.1, 0.15) is 44.1 Å². The minimum atomic E-state index is 0.197. The third-order valence-electron chi connectivity index (χ3n) is 3.04. The Kier molecular flexibility index (Phi) is 2.59. The van der Waals surface area contributed by atoms with Gasteiger partial charge in [0.1, 0.15) is 0 Å². The summed E-state index contributed by atoms with van der Waals surface area (Å²) in [5.41, 5.74) is 9.96. The summed E-state index contributed by atoms with van der Waals surface area (Å²) >= 11 is 0. The average molecular weight is 207 g/mol. The number of fused-ring (bicyclic) bond motifs is 1. The van der Waals surface area contributed by atoms with E-state index in [1.54, 1.807) is 0 Å². The van der Waals surface area contributed by atoms with E-state index >= 15 is 0 Å². The molecule has 84 valence electrons. The standard InChI is InChI=1S/C12H21N3/c1-12(2,3)11-9(6-7-13)14-15-8-4-5-10(11)15/h4-8,13H2,1-3H3. The summed E-state index contributed by atoms with van der Waals surface area (Å²) in [5, 5.41) is 4.68. The molecule has 0 fully saturated rings. The minimum absolute atomic E-state index is 0.197. The number of aryl methyl sites for hydroxylation is 1. The molecule has 3 nitrogen and oxygen atoms in total. The van der Waals surface area contributed by atoms with E-state index in [9.17, 15) is 0 Å². The molecule has 0 aliphatic carbocycles. The molecule has 0 atom stereocenters. The quantitative estimate of drug-likeness (QED) is 0.801. The predicted octanol–water partition coefficient (Wildman–Crippen LogP) is 1.63. The number of hydrogen-bond acceptors (Lipinski definition) is 2. The molecule has 2 heterocycles. The summed E-state index contributed by atoms with van der Waals surface area (Å²) in [7, 11) is 0. The Morgan fingerprint density at radius 1 is 1.40 bits per heavy atom. The lowest BCUT2D eigenvalue weighted by atomic mass is 9.84. The number of nitrogens with two attached hydrogens (primary N) is 1. The van der Waals surface area contributed by atoms with Gasteiger partial charge in [-0.05, 0) is 24.8 Å². The Balaban J connectivity index is 2.48. The first-order valence-electron chi connectivity index (χ1n) is 5.83. The van der Waals surface area contributed by atoms with Gasteiger partial charge in [0.2, 0.25) is 0 Å². The van der Waals surface area contributed by atoms with Crippen LogP contribution in [-0.4, -0.2) is 16.3 Å². The topological polar surface area (TPSA) is 43.8 Å². The maximum Gasteiger partial charge on any atom is 0.0677 e. The van der Waals surface area contributed by atoms with Gasteiger partial charge in [-0.3, -0.25) is 4.68 Å². The Labute approximate surface area is 91.7 Å². The van der Waals surface area contributed by atoms with E-state index in [0.717, 1.165) is 13.0 Å². The van der Waals surface area contributed by atoms with Crippen LogP contribution in [0.3, 0.4) is 0 Å². The molecule has 0 saturated carbocycles. The molecule has 2 N–H and O–H groups in total. The van der Waals surface area contributed by atoms with Crippen molar-refractivity contribution >= 4 is 0 Å². The molecular weight excluding hydrogens is 186 g/mol. The second-order valence-electron chi connectivity index (χ2n) is 5.38. The highest BCUT2D eigenvalue weighted by atomic mass is 15.3. The predicted molar refractivity (Wildman–Crippen MR) is 62.0 cm³/mol. The van der Waals surface area contributed by atoms with Crippen LogP contribution in [0.5, 0.6) is 0 Å². The van der Waals surface area contributed by atoms with Gasteiger partial charge in [0.15, 0.2) is 0 Å². The van der Waals surface area contributed by atoms with Gasteiger partial charge in [-0.25, -0.2) is 0 Å². The molecule has 2 rings (SSSR count). The van der Waals surface area contributed by atoms with Crippen molar-refractivity contribution in [3.63, 3.8) is 0 Å². The number of rotatable bonds is 2. The van der Waals surface area contributed by atoms with Crippen LogP contribution in [0, 0.1) is 0 Å². The molecular formula is C12H21N3. The van der Waals surface area contributed by atoms with E-state index < -0.39 is 0 Å². The summed E-state index contributed by atoms with van der Waals surface area (Å²) < 4.78 is 2.19. The first-order valence-corrected chi connectivity index (χ1v) is 5.83. The van der Waals surface area contributed by atoms with Crippen molar-refractivity contribution in [3.05, 3.63) is 17.0 Å². The van der Waals surface area contributed by atoms with Crippen LogP contribution < -0.4 is 5.73 Å². The van der Waals surface area contributed by atoms with Crippen LogP contribution in [-0.2, 0) is 24.8 Å². The van der Waals surface area contributed by atoms with Crippen LogP contribution in [0.2, 0.25) is 0 Å². The first-order chi connectivity index (χ1) is 7.04. The highest BCUT2D eigenvalue weighted by molar-refractivity contribution is 5.34. The average Bonchev–Trinajstić information content (AvgIpc) is 2.60. The van der Waals surface area contributed by atoms with Gasteiger partial charge in [-0.2, -0.15) is 5.10 Å². The molecule has 1 aliphatic rings. The van der Waals surface area contributed by atoms with E-state index in [4.69, 9.17) is 5.73 Å². The Bertz CT molecular complexity index is 358. The normalized spacial score (nSPS) is 15.7. The molecule has 0 spiro atoms. The zero-order chi connectivity index (χ0) is 11.1. The third kappa shape index (κ3) is 1.81. The van der Waals surface area contributed by atoms with Gasteiger partial charge in [-0.1, -0.05) is 20.8 Å². The number of aromatic nitrogens is 2. The van der Waals surface area contributed by atoms with E-state index in [1.807, 2.05) is 0 Å². The third-order valence-corrected chi connectivity index (χ3v) is 3.04. The molecule has 1 aromatic heterocycles. The van der Waals surface area contributed by atoms with Crippen LogP contribution in [0.4, 0.5) is 0 Å². The molecule has 1 aliphatic heterocycles. The second-order valence-corrected chi connectivity index (χ2v) is 5.38. The molecule has 0 saturated heterocycles. The maximum absolute atomic E-state index is 5.64. The van der Waals surface area contributed by atoms with Crippen molar-refractivity contribution in [1.82, 2.24) is 9.78 Å². The van der Waals surface area contributed by atoms with Gasteiger partial charge in [0, 0.05) is 24.2 Å². The number of nitrogens with zero attached hydrogens (tertiary/aromatic N) is 2. The summed E-state index contributed by atoms with van der Waals surface area (Å²) in [6.45, 7) is 8.58. The summed E-state index contributed by atoms with van der Waals surface area (Å²) in [6.07, 6.45) is 3.34. The fourth-order valence-electron chi connectivity index (χ4n) is 2.56. The lowest BCUT2D eigenvalue weighted by molar-refractivity contribution is 0.575. The largest absolute Gasteiger partial charge is 0.330 e. The molecule has 0 aromatic carbocycles. The van der Waals surface area contributed by atoms with Crippen molar-refractivity contribution in [2.45, 2.75) is 52.0 Å². The molecule has 3 heteroatoms. The van der Waals surface area contributed by atoms with Gasteiger partial charge >= 0.3 is 0 Å². The summed E-state index contributed by atoms with van der Waals surface area (Å²) in [4.78, 5) is 0. The molecule has 0 radical (unpaired) electrons. The lowest BCUT2D eigenvalue weighted by Crippen LogP contribution is -2.17. The molecule has 0 unspecified atom stereocenters. The van der Waals surface area contributed by atoms with Crippen LogP contribution in [0.25, 0.3) is 0 Å². The Morgan fingerprint density at radius 3 is 2.73 bits per heavy atom. The number of hydrogen-bond donors (Lipinski definition) is 1. The SMILES string of the molecule is CC(C)(C)c1c(CCN)nn2c1CCC2. The Hall–Kier alpha value is -0.830. The highest BCUT2D eigenvalue weighted by Gasteiger charge is 2.28.